The molecule has 1 aromatic carbocycles. The molecule has 0 fully saturated rings. The number of hydrogen-bond acceptors (Lipinski definition) is 4. The van der Waals surface area contributed by atoms with Gasteiger partial charge in [0.25, 0.3) is 0 Å². The second-order valence-electron chi connectivity index (χ2n) is 3.47. The fraction of sp³-hybridized carbons (Fsp3) is 0.0909. The zero-order valence-corrected chi connectivity index (χ0v) is 9.84. The molecule has 1 aromatic heterocycles. The summed E-state index contributed by atoms with van der Waals surface area (Å²) in [5.74, 6) is -1.11. The predicted octanol–water partition coefficient (Wildman–Crippen LogP) is 3.55. The van der Waals surface area contributed by atoms with Crippen molar-refractivity contribution in [1.29, 1.82) is 0 Å². The normalized spacial score (nSPS) is 10.3. The highest BCUT2D eigenvalue weighted by Gasteiger charge is 2.10. The van der Waals surface area contributed by atoms with E-state index in [1.165, 1.54) is 6.07 Å². The van der Waals surface area contributed by atoms with Crippen LogP contribution in [0.4, 0.5) is 19.5 Å². The van der Waals surface area contributed by atoms with Crippen LogP contribution < -0.4 is 5.32 Å². The zero-order chi connectivity index (χ0) is 13.1. The van der Waals surface area contributed by atoms with Crippen LogP contribution in [0.3, 0.4) is 0 Å². The maximum atomic E-state index is 13.3. The molecule has 0 atom stereocenters. The topological polar surface area (TPSA) is 55.2 Å². The molecule has 0 amide bonds. The van der Waals surface area contributed by atoms with Crippen LogP contribution in [0.5, 0.6) is 0 Å². The number of hydrogen-bond donors (Lipinski definition) is 1. The fourth-order valence-corrected chi connectivity index (χ4v) is 2.13. The van der Waals surface area contributed by atoms with Gasteiger partial charge < -0.3 is 5.32 Å². The van der Waals surface area contributed by atoms with Gasteiger partial charge in [-0.05, 0) is 24.3 Å². The SMILES string of the molecule is O=[N+]([O-])c1ccc(CNc2cc(F)ccc2F)s1. The Hall–Kier alpha value is -2.02. The number of nitrogens with one attached hydrogen (secondary N) is 1. The first kappa shape index (κ1) is 12.4. The second kappa shape index (κ2) is 5.09. The molecule has 0 aliphatic heterocycles. The molecule has 0 saturated carbocycles. The number of anilines is 1. The summed E-state index contributed by atoms with van der Waals surface area (Å²) in [6, 6.07) is 6.04. The van der Waals surface area contributed by atoms with Crippen molar-refractivity contribution in [2.45, 2.75) is 6.54 Å². The van der Waals surface area contributed by atoms with Crippen LogP contribution in [0, 0.1) is 21.7 Å². The number of halogens is 2. The van der Waals surface area contributed by atoms with Gasteiger partial charge in [0.05, 0.1) is 10.6 Å². The van der Waals surface area contributed by atoms with Crippen molar-refractivity contribution in [2.24, 2.45) is 0 Å². The maximum absolute atomic E-state index is 13.3. The monoisotopic (exact) mass is 270 g/mol. The molecule has 0 aliphatic carbocycles. The molecular weight excluding hydrogens is 262 g/mol. The van der Waals surface area contributed by atoms with Gasteiger partial charge in [0.15, 0.2) is 0 Å². The molecular formula is C11H8F2N2O2S. The van der Waals surface area contributed by atoms with Crippen molar-refractivity contribution >= 4 is 22.0 Å². The number of rotatable bonds is 4. The van der Waals surface area contributed by atoms with E-state index >= 15 is 0 Å². The molecule has 0 saturated heterocycles. The van der Waals surface area contributed by atoms with Crippen LogP contribution in [0.1, 0.15) is 4.88 Å². The molecule has 1 heterocycles. The second-order valence-corrected chi connectivity index (χ2v) is 4.62. The van der Waals surface area contributed by atoms with E-state index in [-0.39, 0.29) is 17.2 Å². The average Bonchev–Trinajstić information content (AvgIpc) is 2.79. The lowest BCUT2D eigenvalue weighted by Gasteiger charge is -2.05. The molecule has 1 N–H and O–H groups in total. The molecule has 0 aliphatic rings. The summed E-state index contributed by atoms with van der Waals surface area (Å²) in [6.45, 7) is 0.207. The van der Waals surface area contributed by atoms with Gasteiger partial charge in [0, 0.05) is 17.5 Å². The van der Waals surface area contributed by atoms with Crippen molar-refractivity contribution in [3.63, 3.8) is 0 Å². The summed E-state index contributed by atoms with van der Waals surface area (Å²) in [5, 5.41) is 13.2. The Kier molecular flexibility index (Phi) is 3.52. The van der Waals surface area contributed by atoms with Crippen LogP contribution in [0.25, 0.3) is 0 Å². The minimum absolute atomic E-state index is 0.0199. The highest BCUT2D eigenvalue weighted by atomic mass is 32.1. The van der Waals surface area contributed by atoms with Gasteiger partial charge in [-0.1, -0.05) is 11.3 Å². The third kappa shape index (κ3) is 2.80. The molecule has 18 heavy (non-hydrogen) atoms. The van der Waals surface area contributed by atoms with E-state index in [0.29, 0.717) is 4.88 Å². The van der Waals surface area contributed by atoms with Crippen LogP contribution in [-0.4, -0.2) is 4.92 Å². The summed E-state index contributed by atoms with van der Waals surface area (Å²) >= 11 is 0.993. The number of nitro groups is 1. The molecule has 0 spiro atoms. The smallest absolute Gasteiger partial charge is 0.324 e. The van der Waals surface area contributed by atoms with Gasteiger partial charge in [-0.25, -0.2) is 8.78 Å². The van der Waals surface area contributed by atoms with E-state index in [1.807, 2.05) is 0 Å². The van der Waals surface area contributed by atoms with E-state index in [9.17, 15) is 18.9 Å². The summed E-state index contributed by atoms with van der Waals surface area (Å²) in [4.78, 5) is 10.7. The quantitative estimate of drug-likeness (QED) is 0.682. The number of thiophene rings is 1. The van der Waals surface area contributed by atoms with Gasteiger partial charge >= 0.3 is 5.00 Å². The fourth-order valence-electron chi connectivity index (χ4n) is 1.38. The van der Waals surface area contributed by atoms with Crippen LogP contribution in [-0.2, 0) is 6.54 Å². The third-order valence-electron chi connectivity index (χ3n) is 2.21. The largest absolute Gasteiger partial charge is 0.378 e. The standard InChI is InChI=1S/C11H8F2N2O2S/c12-7-1-3-9(13)10(5-7)14-6-8-2-4-11(18-8)15(16)17/h1-5,14H,6H2. The Labute approximate surface area is 105 Å². The third-order valence-corrected chi connectivity index (χ3v) is 3.25. The van der Waals surface area contributed by atoms with Crippen molar-refractivity contribution in [3.05, 3.63) is 57.0 Å². The molecule has 7 heteroatoms. The molecule has 0 radical (unpaired) electrons. The minimum Gasteiger partial charge on any atom is -0.378 e. The van der Waals surface area contributed by atoms with E-state index in [0.717, 1.165) is 29.5 Å². The molecule has 4 nitrogen and oxygen atoms in total. The summed E-state index contributed by atoms with van der Waals surface area (Å²) < 4.78 is 26.2. The van der Waals surface area contributed by atoms with Crippen molar-refractivity contribution in [2.75, 3.05) is 5.32 Å². The Balaban J connectivity index is 2.06. The zero-order valence-electron chi connectivity index (χ0n) is 9.02. The lowest BCUT2D eigenvalue weighted by molar-refractivity contribution is -0.380. The highest BCUT2D eigenvalue weighted by molar-refractivity contribution is 7.15. The number of benzene rings is 1. The van der Waals surface area contributed by atoms with Gasteiger partial charge in [0.2, 0.25) is 0 Å². The number of nitrogens with zero attached hydrogens (tertiary/aromatic N) is 1. The van der Waals surface area contributed by atoms with Crippen LogP contribution in [0.2, 0.25) is 0 Å². The van der Waals surface area contributed by atoms with Gasteiger partial charge in [0.1, 0.15) is 11.6 Å². The first-order chi connectivity index (χ1) is 8.56. The Bertz CT molecular complexity index is 586. The Morgan fingerprint density at radius 3 is 2.72 bits per heavy atom. The molecule has 94 valence electrons. The van der Waals surface area contributed by atoms with E-state index in [4.69, 9.17) is 0 Å². The van der Waals surface area contributed by atoms with Crippen molar-refractivity contribution in [3.8, 4) is 0 Å². The molecule has 0 unspecified atom stereocenters. The first-order valence-electron chi connectivity index (χ1n) is 4.98. The summed E-state index contributed by atoms with van der Waals surface area (Å²) in [6.07, 6.45) is 0. The van der Waals surface area contributed by atoms with E-state index in [2.05, 4.69) is 5.32 Å². The van der Waals surface area contributed by atoms with Gasteiger partial charge in [-0.15, -0.1) is 0 Å². The van der Waals surface area contributed by atoms with Crippen LogP contribution >= 0.6 is 11.3 Å². The summed E-state index contributed by atoms with van der Waals surface area (Å²) in [7, 11) is 0. The van der Waals surface area contributed by atoms with Gasteiger partial charge in [-0.2, -0.15) is 0 Å². The molecule has 2 rings (SSSR count). The van der Waals surface area contributed by atoms with Crippen molar-refractivity contribution < 1.29 is 13.7 Å². The summed E-state index contributed by atoms with van der Waals surface area (Å²) in [5.41, 5.74) is 0.0334. The first-order valence-corrected chi connectivity index (χ1v) is 5.80. The predicted molar refractivity (Wildman–Crippen MR) is 64.7 cm³/mol. The molecule has 0 bridgehead atoms. The van der Waals surface area contributed by atoms with E-state index in [1.54, 1.807) is 6.07 Å². The Morgan fingerprint density at radius 2 is 2.06 bits per heavy atom. The minimum atomic E-state index is -0.567. The highest BCUT2D eigenvalue weighted by Crippen LogP contribution is 2.25. The average molecular weight is 270 g/mol. The van der Waals surface area contributed by atoms with Gasteiger partial charge in [-0.3, -0.25) is 10.1 Å². The Morgan fingerprint density at radius 1 is 1.28 bits per heavy atom. The molecule has 2 aromatic rings. The maximum Gasteiger partial charge on any atom is 0.324 e. The van der Waals surface area contributed by atoms with Crippen LogP contribution in [0.15, 0.2) is 30.3 Å². The van der Waals surface area contributed by atoms with E-state index < -0.39 is 16.6 Å². The van der Waals surface area contributed by atoms with Crippen molar-refractivity contribution in [1.82, 2.24) is 0 Å². The lowest BCUT2D eigenvalue weighted by atomic mass is 10.3. The lowest BCUT2D eigenvalue weighted by Crippen LogP contribution is -2.00.